The van der Waals surface area contributed by atoms with Crippen molar-refractivity contribution in [2.75, 3.05) is 26.2 Å². The Hall–Kier alpha value is -3.72. The maximum absolute atomic E-state index is 14.1. The molecule has 192 valence electrons. The van der Waals surface area contributed by atoms with Gasteiger partial charge >= 0.3 is 0 Å². The number of fused-ring (bicyclic) bond motifs is 1. The van der Waals surface area contributed by atoms with E-state index in [2.05, 4.69) is 36.3 Å². The van der Waals surface area contributed by atoms with Crippen molar-refractivity contribution in [3.63, 3.8) is 0 Å². The Labute approximate surface area is 213 Å². The standard InChI is InChI=1S/C28H28F3N5O/c1-4-19-5-7-20(8-6-19)26-17(2)18(3)36-27(33-26)23(15-32-36)28(37)35-11-9-34(10-12-35)16-21-13-22(29)14-24(30)25(21)31/h5-8,13-15H,4,9-12,16H2,1-3H3. The molecule has 0 radical (unpaired) electrons. The van der Waals surface area contributed by atoms with Crippen LogP contribution in [0.3, 0.4) is 0 Å². The van der Waals surface area contributed by atoms with Gasteiger partial charge < -0.3 is 4.90 Å². The zero-order valence-electron chi connectivity index (χ0n) is 21.1. The van der Waals surface area contributed by atoms with Crippen molar-refractivity contribution in [3.8, 4) is 11.3 Å². The van der Waals surface area contributed by atoms with E-state index in [0.29, 0.717) is 43.5 Å². The number of aryl methyl sites for hydroxylation is 2. The van der Waals surface area contributed by atoms with Crippen LogP contribution < -0.4 is 0 Å². The Balaban J connectivity index is 1.36. The minimum Gasteiger partial charge on any atom is -0.336 e. The number of piperazine rings is 1. The lowest BCUT2D eigenvalue weighted by Gasteiger charge is -2.34. The maximum Gasteiger partial charge on any atom is 0.259 e. The Morgan fingerprint density at radius 3 is 2.38 bits per heavy atom. The summed E-state index contributed by atoms with van der Waals surface area (Å²) in [6, 6.07) is 9.82. The molecule has 1 aliphatic heterocycles. The van der Waals surface area contributed by atoms with Crippen LogP contribution in [0.5, 0.6) is 0 Å². The van der Waals surface area contributed by atoms with Crippen molar-refractivity contribution >= 4 is 11.6 Å². The normalized spacial score (nSPS) is 14.5. The van der Waals surface area contributed by atoms with Gasteiger partial charge in [-0.2, -0.15) is 5.10 Å². The van der Waals surface area contributed by atoms with Gasteiger partial charge in [-0.05, 0) is 37.5 Å². The van der Waals surface area contributed by atoms with Crippen LogP contribution in [0, 0.1) is 31.3 Å². The highest BCUT2D eigenvalue weighted by atomic mass is 19.2. The smallest absolute Gasteiger partial charge is 0.259 e. The fraction of sp³-hybridized carbons (Fsp3) is 0.321. The van der Waals surface area contributed by atoms with Gasteiger partial charge in [-0.1, -0.05) is 31.2 Å². The van der Waals surface area contributed by atoms with Crippen LogP contribution in [-0.2, 0) is 13.0 Å². The number of benzene rings is 2. The van der Waals surface area contributed by atoms with Crippen molar-refractivity contribution in [3.05, 3.63) is 88.0 Å². The molecule has 37 heavy (non-hydrogen) atoms. The van der Waals surface area contributed by atoms with Crippen LogP contribution in [-0.4, -0.2) is 56.5 Å². The number of nitrogens with zero attached hydrogens (tertiary/aromatic N) is 5. The van der Waals surface area contributed by atoms with Gasteiger partial charge in [0, 0.05) is 55.6 Å². The molecule has 0 N–H and O–H groups in total. The summed E-state index contributed by atoms with van der Waals surface area (Å²) in [7, 11) is 0. The van der Waals surface area contributed by atoms with Gasteiger partial charge in [0.1, 0.15) is 11.4 Å². The Morgan fingerprint density at radius 2 is 1.70 bits per heavy atom. The summed E-state index contributed by atoms with van der Waals surface area (Å²) in [6.45, 7) is 7.82. The van der Waals surface area contributed by atoms with Gasteiger partial charge in [-0.15, -0.1) is 0 Å². The first-order valence-corrected chi connectivity index (χ1v) is 12.4. The third-order valence-electron chi connectivity index (χ3n) is 7.16. The average Bonchev–Trinajstić information content (AvgIpc) is 3.33. The van der Waals surface area contributed by atoms with Crippen LogP contribution >= 0.6 is 0 Å². The molecule has 1 saturated heterocycles. The molecule has 0 aliphatic carbocycles. The van der Waals surface area contributed by atoms with Gasteiger partial charge in [-0.3, -0.25) is 9.69 Å². The van der Waals surface area contributed by atoms with E-state index in [9.17, 15) is 18.0 Å². The lowest BCUT2D eigenvalue weighted by atomic mass is 10.0. The van der Waals surface area contributed by atoms with Crippen molar-refractivity contribution < 1.29 is 18.0 Å². The van der Waals surface area contributed by atoms with Crippen LogP contribution in [0.25, 0.3) is 16.9 Å². The third-order valence-corrected chi connectivity index (χ3v) is 7.16. The Bertz CT molecular complexity index is 1470. The highest BCUT2D eigenvalue weighted by Crippen LogP contribution is 2.27. The Kier molecular flexibility index (Phi) is 6.72. The van der Waals surface area contributed by atoms with Crippen LogP contribution in [0.2, 0.25) is 0 Å². The van der Waals surface area contributed by atoms with E-state index in [-0.39, 0.29) is 18.0 Å². The summed E-state index contributed by atoms with van der Waals surface area (Å²) in [5, 5.41) is 4.44. The largest absolute Gasteiger partial charge is 0.336 e. The van der Waals surface area contributed by atoms with E-state index in [4.69, 9.17) is 4.98 Å². The number of hydrogen-bond donors (Lipinski definition) is 0. The summed E-state index contributed by atoms with van der Waals surface area (Å²) in [5.41, 5.74) is 5.83. The fourth-order valence-corrected chi connectivity index (χ4v) is 4.79. The summed E-state index contributed by atoms with van der Waals surface area (Å²) in [6.07, 6.45) is 2.51. The lowest BCUT2D eigenvalue weighted by Crippen LogP contribution is -2.48. The second kappa shape index (κ2) is 9.97. The van der Waals surface area contributed by atoms with E-state index in [1.54, 1.807) is 15.6 Å². The van der Waals surface area contributed by atoms with E-state index in [0.717, 1.165) is 35.0 Å². The highest BCUT2D eigenvalue weighted by molar-refractivity contribution is 6.00. The first-order valence-electron chi connectivity index (χ1n) is 12.4. The van der Waals surface area contributed by atoms with Crippen LogP contribution in [0.1, 0.15) is 39.7 Å². The molecule has 0 unspecified atom stereocenters. The highest BCUT2D eigenvalue weighted by Gasteiger charge is 2.27. The summed E-state index contributed by atoms with van der Waals surface area (Å²) in [5.74, 6) is -3.23. The number of carbonyl (C=O) groups is 1. The van der Waals surface area contributed by atoms with Crippen molar-refractivity contribution in [2.24, 2.45) is 0 Å². The molecule has 0 saturated carbocycles. The van der Waals surface area contributed by atoms with E-state index in [1.165, 1.54) is 5.56 Å². The maximum atomic E-state index is 14.1. The zero-order valence-corrected chi connectivity index (χ0v) is 21.1. The number of carbonyl (C=O) groups excluding carboxylic acids is 1. The molecule has 5 rings (SSSR count). The van der Waals surface area contributed by atoms with E-state index >= 15 is 0 Å². The minimum atomic E-state index is -1.20. The SMILES string of the molecule is CCc1ccc(-c2nc3c(C(=O)N4CCN(Cc5cc(F)cc(F)c5F)CC4)cnn3c(C)c2C)cc1. The predicted molar refractivity (Wildman–Crippen MR) is 135 cm³/mol. The number of rotatable bonds is 5. The van der Waals surface area contributed by atoms with Crippen LogP contribution in [0.15, 0.2) is 42.6 Å². The average molecular weight is 508 g/mol. The number of amides is 1. The molecule has 1 aliphatic rings. The molecular formula is C28H28F3N5O. The van der Waals surface area contributed by atoms with Crippen molar-refractivity contribution in [2.45, 2.75) is 33.7 Å². The topological polar surface area (TPSA) is 53.7 Å². The molecule has 4 aromatic rings. The van der Waals surface area contributed by atoms with Gasteiger partial charge in [0.25, 0.3) is 5.91 Å². The number of hydrogen-bond acceptors (Lipinski definition) is 4. The molecule has 0 spiro atoms. The molecule has 9 heteroatoms. The van der Waals surface area contributed by atoms with Gasteiger partial charge in [0.2, 0.25) is 0 Å². The molecular weight excluding hydrogens is 479 g/mol. The quantitative estimate of drug-likeness (QED) is 0.359. The summed E-state index contributed by atoms with van der Waals surface area (Å²) >= 11 is 0. The predicted octanol–water partition coefficient (Wildman–Crippen LogP) is 4.95. The fourth-order valence-electron chi connectivity index (χ4n) is 4.79. The Morgan fingerprint density at radius 1 is 1.00 bits per heavy atom. The molecule has 2 aromatic carbocycles. The van der Waals surface area contributed by atoms with Crippen molar-refractivity contribution in [1.29, 1.82) is 0 Å². The van der Waals surface area contributed by atoms with Crippen molar-refractivity contribution in [1.82, 2.24) is 24.4 Å². The molecule has 2 aromatic heterocycles. The third kappa shape index (κ3) is 4.71. The second-order valence-electron chi connectivity index (χ2n) is 9.44. The van der Waals surface area contributed by atoms with Gasteiger partial charge in [0.05, 0.1) is 11.9 Å². The minimum absolute atomic E-state index is 0.0329. The molecule has 0 atom stereocenters. The molecule has 1 amide bonds. The molecule has 3 heterocycles. The van der Waals surface area contributed by atoms with Crippen LogP contribution in [0.4, 0.5) is 13.2 Å². The van der Waals surface area contributed by atoms with Gasteiger partial charge in [-0.25, -0.2) is 22.7 Å². The zero-order chi connectivity index (χ0) is 26.3. The monoisotopic (exact) mass is 507 g/mol. The lowest BCUT2D eigenvalue weighted by molar-refractivity contribution is 0.0628. The summed E-state index contributed by atoms with van der Waals surface area (Å²) < 4.78 is 42.9. The second-order valence-corrected chi connectivity index (χ2v) is 9.44. The number of halogens is 3. The first kappa shape index (κ1) is 25.0. The number of aromatic nitrogens is 3. The van der Waals surface area contributed by atoms with Gasteiger partial charge in [0.15, 0.2) is 17.3 Å². The first-order chi connectivity index (χ1) is 17.8. The van der Waals surface area contributed by atoms with E-state index < -0.39 is 17.5 Å². The van der Waals surface area contributed by atoms with E-state index in [1.807, 2.05) is 18.7 Å². The molecule has 6 nitrogen and oxygen atoms in total. The summed E-state index contributed by atoms with van der Waals surface area (Å²) in [4.78, 5) is 21.9. The molecule has 0 bridgehead atoms. The molecule has 1 fully saturated rings.